The predicted molar refractivity (Wildman–Crippen MR) is 108 cm³/mol. The maximum Gasteiger partial charge on any atom is 0.227 e. The zero-order valence-electron chi connectivity index (χ0n) is 17.5. The van der Waals surface area contributed by atoms with Gasteiger partial charge in [-0.3, -0.25) is 19.3 Å². The SMILES string of the molecule is Cc1nn(C)cc1CN1CCC(N2CCC[C@@H](C(=O)N3CCOCC3)C2)CC1. The zero-order valence-corrected chi connectivity index (χ0v) is 17.5. The summed E-state index contributed by atoms with van der Waals surface area (Å²) < 4.78 is 7.31. The van der Waals surface area contributed by atoms with Crippen LogP contribution in [0.3, 0.4) is 0 Å². The fraction of sp³-hybridized carbons (Fsp3) is 0.810. The Bertz CT molecular complexity index is 662. The fourth-order valence-corrected chi connectivity index (χ4v) is 5.07. The number of morpholine rings is 1. The molecular formula is C21H35N5O2. The molecule has 0 aromatic carbocycles. The highest BCUT2D eigenvalue weighted by Gasteiger charge is 2.34. The molecule has 0 radical (unpaired) electrons. The van der Waals surface area contributed by atoms with Crippen LogP contribution in [0.4, 0.5) is 0 Å². The van der Waals surface area contributed by atoms with Gasteiger partial charge in [-0.25, -0.2) is 0 Å². The topological polar surface area (TPSA) is 53.8 Å². The third kappa shape index (κ3) is 4.58. The van der Waals surface area contributed by atoms with Crippen LogP contribution in [-0.4, -0.2) is 88.9 Å². The largest absolute Gasteiger partial charge is 0.378 e. The van der Waals surface area contributed by atoms with E-state index in [1.54, 1.807) is 0 Å². The molecule has 0 N–H and O–H groups in total. The van der Waals surface area contributed by atoms with Crippen molar-refractivity contribution in [1.29, 1.82) is 0 Å². The van der Waals surface area contributed by atoms with E-state index in [9.17, 15) is 4.79 Å². The minimum atomic E-state index is 0.183. The lowest BCUT2D eigenvalue weighted by atomic mass is 9.92. The van der Waals surface area contributed by atoms with Gasteiger partial charge in [-0.15, -0.1) is 0 Å². The Labute approximate surface area is 168 Å². The monoisotopic (exact) mass is 389 g/mol. The summed E-state index contributed by atoms with van der Waals surface area (Å²) in [5.41, 5.74) is 2.49. The Hall–Kier alpha value is -1.44. The molecule has 3 saturated heterocycles. The van der Waals surface area contributed by atoms with E-state index in [2.05, 4.69) is 28.0 Å². The summed E-state index contributed by atoms with van der Waals surface area (Å²) in [7, 11) is 1.99. The number of carbonyl (C=O) groups is 1. The number of amides is 1. The van der Waals surface area contributed by atoms with E-state index in [1.165, 1.54) is 18.4 Å². The van der Waals surface area contributed by atoms with Crippen LogP contribution < -0.4 is 0 Å². The number of rotatable bonds is 4. The molecule has 0 unspecified atom stereocenters. The van der Waals surface area contributed by atoms with Crippen LogP contribution >= 0.6 is 0 Å². The summed E-state index contributed by atoms with van der Waals surface area (Å²) in [5, 5.41) is 4.47. The molecule has 1 atom stereocenters. The minimum Gasteiger partial charge on any atom is -0.378 e. The predicted octanol–water partition coefficient (Wildman–Crippen LogP) is 1.26. The number of carbonyl (C=O) groups excluding carboxylic acids is 1. The molecule has 0 spiro atoms. The number of aryl methyl sites for hydroxylation is 2. The van der Waals surface area contributed by atoms with Crippen LogP contribution in [-0.2, 0) is 23.1 Å². The molecule has 7 heteroatoms. The van der Waals surface area contributed by atoms with Crippen molar-refractivity contribution in [2.45, 2.75) is 45.2 Å². The average Bonchev–Trinajstić information content (AvgIpc) is 3.05. The van der Waals surface area contributed by atoms with E-state index >= 15 is 0 Å². The van der Waals surface area contributed by atoms with E-state index in [1.807, 2.05) is 16.6 Å². The number of aromatic nitrogens is 2. The molecule has 0 saturated carbocycles. The Morgan fingerprint density at radius 3 is 2.57 bits per heavy atom. The Morgan fingerprint density at radius 2 is 1.89 bits per heavy atom. The van der Waals surface area contributed by atoms with Crippen LogP contribution in [0, 0.1) is 12.8 Å². The highest BCUT2D eigenvalue weighted by Crippen LogP contribution is 2.26. The summed E-state index contributed by atoms with van der Waals surface area (Å²) in [5.74, 6) is 0.542. The van der Waals surface area contributed by atoms with Crippen LogP contribution in [0.15, 0.2) is 6.20 Å². The van der Waals surface area contributed by atoms with Gasteiger partial charge in [0.25, 0.3) is 0 Å². The van der Waals surface area contributed by atoms with E-state index in [4.69, 9.17) is 4.74 Å². The van der Waals surface area contributed by atoms with Crippen molar-refractivity contribution in [3.8, 4) is 0 Å². The number of hydrogen-bond acceptors (Lipinski definition) is 5. The molecule has 1 amide bonds. The van der Waals surface area contributed by atoms with Gasteiger partial charge in [-0.2, -0.15) is 5.10 Å². The molecule has 4 rings (SSSR count). The molecule has 1 aromatic rings. The lowest BCUT2D eigenvalue weighted by molar-refractivity contribution is -0.142. The molecule has 0 aliphatic carbocycles. The van der Waals surface area contributed by atoms with Crippen molar-refractivity contribution < 1.29 is 9.53 Å². The van der Waals surface area contributed by atoms with Gasteiger partial charge in [-0.05, 0) is 52.2 Å². The number of likely N-dealkylation sites (tertiary alicyclic amines) is 2. The van der Waals surface area contributed by atoms with Crippen LogP contribution in [0.25, 0.3) is 0 Å². The number of nitrogens with zero attached hydrogens (tertiary/aromatic N) is 5. The first-order valence-electron chi connectivity index (χ1n) is 10.9. The lowest BCUT2D eigenvalue weighted by Crippen LogP contribution is -2.52. The molecule has 7 nitrogen and oxygen atoms in total. The van der Waals surface area contributed by atoms with Crippen molar-refractivity contribution in [1.82, 2.24) is 24.5 Å². The van der Waals surface area contributed by atoms with Gasteiger partial charge in [0.2, 0.25) is 5.91 Å². The zero-order chi connectivity index (χ0) is 19.5. The lowest BCUT2D eigenvalue weighted by Gasteiger charge is -2.43. The van der Waals surface area contributed by atoms with Gasteiger partial charge in [-0.1, -0.05) is 0 Å². The van der Waals surface area contributed by atoms with Gasteiger partial charge in [0.05, 0.1) is 24.8 Å². The molecular weight excluding hydrogens is 354 g/mol. The summed E-state index contributed by atoms with van der Waals surface area (Å²) in [6.07, 6.45) is 6.76. The van der Waals surface area contributed by atoms with E-state index < -0.39 is 0 Å². The number of ether oxygens (including phenoxy) is 1. The van der Waals surface area contributed by atoms with Gasteiger partial charge in [0.15, 0.2) is 0 Å². The first-order valence-corrected chi connectivity index (χ1v) is 10.9. The summed E-state index contributed by atoms with van der Waals surface area (Å²) in [6.45, 7) is 10.4. The van der Waals surface area contributed by atoms with Crippen molar-refractivity contribution >= 4 is 5.91 Å². The van der Waals surface area contributed by atoms with E-state index in [0.717, 1.165) is 64.3 Å². The van der Waals surface area contributed by atoms with E-state index in [0.29, 0.717) is 25.2 Å². The molecule has 4 heterocycles. The van der Waals surface area contributed by atoms with Crippen LogP contribution in [0.5, 0.6) is 0 Å². The van der Waals surface area contributed by atoms with Crippen molar-refractivity contribution in [3.63, 3.8) is 0 Å². The van der Waals surface area contributed by atoms with Crippen molar-refractivity contribution in [2.75, 3.05) is 52.5 Å². The Morgan fingerprint density at radius 1 is 1.14 bits per heavy atom. The van der Waals surface area contributed by atoms with Crippen LogP contribution in [0.2, 0.25) is 0 Å². The van der Waals surface area contributed by atoms with E-state index in [-0.39, 0.29) is 5.92 Å². The number of hydrogen-bond donors (Lipinski definition) is 0. The summed E-state index contributed by atoms with van der Waals surface area (Å²) in [6, 6.07) is 0.631. The molecule has 156 valence electrons. The second kappa shape index (κ2) is 8.93. The third-order valence-corrected chi connectivity index (χ3v) is 6.71. The third-order valence-electron chi connectivity index (χ3n) is 6.71. The quantitative estimate of drug-likeness (QED) is 0.776. The molecule has 28 heavy (non-hydrogen) atoms. The molecule has 3 aliphatic heterocycles. The Kier molecular flexibility index (Phi) is 6.33. The fourth-order valence-electron chi connectivity index (χ4n) is 5.07. The standard InChI is InChI=1S/C21H35N5O2/c1-17-19(14-23(2)22-17)15-24-8-5-20(6-9-24)26-7-3-4-18(16-26)21(27)25-10-12-28-13-11-25/h14,18,20H,3-13,15-16H2,1-2H3/t18-/m1/s1. The first-order chi connectivity index (χ1) is 13.6. The normalized spacial score (nSPS) is 25.9. The van der Waals surface area contributed by atoms with Gasteiger partial charge in [0.1, 0.15) is 0 Å². The maximum absolute atomic E-state index is 12.9. The number of piperidine rings is 2. The van der Waals surface area contributed by atoms with Crippen molar-refractivity contribution in [2.24, 2.45) is 13.0 Å². The summed E-state index contributed by atoms with van der Waals surface area (Å²) in [4.78, 5) is 20.1. The van der Waals surface area contributed by atoms with Gasteiger partial charge in [0, 0.05) is 51.0 Å². The Balaban J connectivity index is 1.27. The second-order valence-corrected chi connectivity index (χ2v) is 8.69. The average molecular weight is 390 g/mol. The van der Waals surface area contributed by atoms with Crippen molar-refractivity contribution in [3.05, 3.63) is 17.5 Å². The van der Waals surface area contributed by atoms with Crippen LogP contribution in [0.1, 0.15) is 36.9 Å². The molecule has 3 fully saturated rings. The molecule has 1 aromatic heterocycles. The first kappa shape index (κ1) is 19.9. The maximum atomic E-state index is 12.9. The highest BCUT2D eigenvalue weighted by molar-refractivity contribution is 5.79. The molecule has 0 bridgehead atoms. The second-order valence-electron chi connectivity index (χ2n) is 8.69. The van der Waals surface area contributed by atoms with Gasteiger partial charge < -0.3 is 9.64 Å². The van der Waals surface area contributed by atoms with Gasteiger partial charge >= 0.3 is 0 Å². The highest BCUT2D eigenvalue weighted by atomic mass is 16.5. The summed E-state index contributed by atoms with van der Waals surface area (Å²) >= 11 is 0. The smallest absolute Gasteiger partial charge is 0.227 e. The molecule has 3 aliphatic rings. The minimum absolute atomic E-state index is 0.183.